The van der Waals surface area contributed by atoms with Crippen molar-refractivity contribution < 1.29 is 17.7 Å². The molecule has 0 saturated carbocycles. The van der Waals surface area contributed by atoms with Crippen LogP contribution in [0.4, 0.5) is 18.9 Å². The maximum absolute atomic E-state index is 15.3. The Balaban J connectivity index is 1.86. The topological polar surface area (TPSA) is 67.8 Å². The van der Waals surface area contributed by atoms with Crippen LogP contribution in [0.15, 0.2) is 48.7 Å². The van der Waals surface area contributed by atoms with Gasteiger partial charge in [0.05, 0.1) is 22.7 Å². The summed E-state index contributed by atoms with van der Waals surface area (Å²) >= 11 is 0. The highest BCUT2D eigenvalue weighted by atomic mass is 31.2. The third-order valence-electron chi connectivity index (χ3n) is 5.60. The third-order valence-corrected chi connectivity index (χ3v) is 6.97. The molecule has 0 radical (unpaired) electrons. The van der Waals surface area contributed by atoms with Crippen LogP contribution >= 0.6 is 7.14 Å². The van der Waals surface area contributed by atoms with Crippen molar-refractivity contribution >= 4 is 29.3 Å². The zero-order valence-electron chi connectivity index (χ0n) is 19.2. The van der Waals surface area contributed by atoms with E-state index in [2.05, 4.69) is 20.3 Å². The SMILES string of the molecule is CC[C@@H](Nc1c(F)c(C)nc2cc(F)c(-c3ccc(P(C)(C)=O)nc3)nc12)c1ccccc1F. The molecule has 0 aliphatic carbocycles. The Labute approximate surface area is 195 Å². The van der Waals surface area contributed by atoms with Crippen LogP contribution in [0.3, 0.4) is 0 Å². The number of nitrogens with one attached hydrogen (secondary N) is 1. The second kappa shape index (κ2) is 9.18. The van der Waals surface area contributed by atoms with Crippen LogP contribution in [-0.2, 0) is 4.57 Å². The Bertz CT molecular complexity index is 1420. The van der Waals surface area contributed by atoms with Crippen molar-refractivity contribution in [2.24, 2.45) is 0 Å². The van der Waals surface area contributed by atoms with Crippen molar-refractivity contribution in [3.8, 4) is 11.3 Å². The molecule has 4 rings (SSSR count). The smallest absolute Gasteiger partial charge is 0.169 e. The summed E-state index contributed by atoms with van der Waals surface area (Å²) < 4.78 is 57.0. The molecule has 9 heteroatoms. The van der Waals surface area contributed by atoms with Gasteiger partial charge in [-0.25, -0.2) is 23.1 Å². The Morgan fingerprint density at radius 2 is 1.76 bits per heavy atom. The maximum atomic E-state index is 15.3. The van der Waals surface area contributed by atoms with Crippen molar-refractivity contribution in [3.05, 3.63) is 77.4 Å². The molecule has 34 heavy (non-hydrogen) atoms. The zero-order chi connectivity index (χ0) is 24.6. The lowest BCUT2D eigenvalue weighted by atomic mass is 10.0. The van der Waals surface area contributed by atoms with E-state index < -0.39 is 30.6 Å². The van der Waals surface area contributed by atoms with E-state index in [9.17, 15) is 8.96 Å². The number of rotatable bonds is 6. The molecule has 1 N–H and O–H groups in total. The lowest BCUT2D eigenvalue weighted by Crippen LogP contribution is -2.14. The van der Waals surface area contributed by atoms with E-state index in [1.807, 2.05) is 6.92 Å². The highest BCUT2D eigenvalue weighted by Gasteiger charge is 2.22. The minimum absolute atomic E-state index is 0.0232. The summed E-state index contributed by atoms with van der Waals surface area (Å²) in [6.07, 6.45) is 1.86. The first-order chi connectivity index (χ1) is 16.1. The largest absolute Gasteiger partial charge is 0.374 e. The van der Waals surface area contributed by atoms with Crippen molar-refractivity contribution in [2.45, 2.75) is 26.3 Å². The van der Waals surface area contributed by atoms with Gasteiger partial charge in [-0.2, -0.15) is 0 Å². The normalized spacial score (nSPS) is 12.7. The molecule has 3 heterocycles. The zero-order valence-corrected chi connectivity index (χ0v) is 20.1. The summed E-state index contributed by atoms with van der Waals surface area (Å²) in [5.74, 6) is -1.70. The van der Waals surface area contributed by atoms with E-state index in [1.54, 1.807) is 43.7 Å². The molecule has 0 unspecified atom stereocenters. The number of pyridine rings is 3. The fourth-order valence-electron chi connectivity index (χ4n) is 3.77. The highest BCUT2D eigenvalue weighted by Crippen LogP contribution is 2.36. The molecule has 0 saturated heterocycles. The second-order valence-electron chi connectivity index (χ2n) is 8.46. The van der Waals surface area contributed by atoms with Gasteiger partial charge in [-0.3, -0.25) is 4.98 Å². The first kappa shape index (κ1) is 23.9. The van der Waals surface area contributed by atoms with Gasteiger partial charge in [-0.1, -0.05) is 25.1 Å². The third kappa shape index (κ3) is 4.55. The predicted molar refractivity (Wildman–Crippen MR) is 130 cm³/mol. The van der Waals surface area contributed by atoms with E-state index >= 15 is 8.78 Å². The maximum Gasteiger partial charge on any atom is 0.169 e. The van der Waals surface area contributed by atoms with E-state index in [0.717, 1.165) is 0 Å². The van der Waals surface area contributed by atoms with Crippen LogP contribution in [0.1, 0.15) is 30.6 Å². The molecule has 4 aromatic rings. The number of fused-ring (bicyclic) bond motifs is 1. The summed E-state index contributed by atoms with van der Waals surface area (Å²) in [4.78, 5) is 12.8. The number of halogens is 3. The van der Waals surface area contributed by atoms with Gasteiger partial charge in [-0.15, -0.1) is 0 Å². The van der Waals surface area contributed by atoms with Crippen LogP contribution < -0.4 is 10.8 Å². The van der Waals surface area contributed by atoms with Crippen LogP contribution in [0.2, 0.25) is 0 Å². The fourth-order valence-corrected chi connectivity index (χ4v) is 4.54. The van der Waals surface area contributed by atoms with Gasteiger partial charge in [-0.05, 0) is 44.9 Å². The molecule has 3 aromatic heterocycles. The lowest BCUT2D eigenvalue weighted by molar-refractivity contribution is 0.580. The van der Waals surface area contributed by atoms with Gasteiger partial charge in [0.1, 0.15) is 29.9 Å². The molecular formula is C25H24F3N4OP. The van der Waals surface area contributed by atoms with Crippen molar-refractivity contribution in [1.82, 2.24) is 15.0 Å². The molecule has 176 valence electrons. The molecule has 1 aromatic carbocycles. The van der Waals surface area contributed by atoms with Crippen LogP contribution in [-0.4, -0.2) is 28.3 Å². The highest BCUT2D eigenvalue weighted by molar-refractivity contribution is 7.69. The minimum atomic E-state index is -2.58. The summed E-state index contributed by atoms with van der Waals surface area (Å²) in [6.45, 7) is 6.52. The Hall–Kier alpha value is -3.25. The molecule has 5 nitrogen and oxygen atoms in total. The van der Waals surface area contributed by atoms with Gasteiger partial charge in [0.15, 0.2) is 11.6 Å². The van der Waals surface area contributed by atoms with E-state index in [4.69, 9.17) is 0 Å². The monoisotopic (exact) mass is 484 g/mol. The van der Waals surface area contributed by atoms with Gasteiger partial charge >= 0.3 is 0 Å². The number of nitrogens with zero attached hydrogens (tertiary/aromatic N) is 3. The quantitative estimate of drug-likeness (QED) is 0.329. The molecule has 0 amide bonds. The Morgan fingerprint density at radius 3 is 2.38 bits per heavy atom. The average molecular weight is 484 g/mol. The number of benzene rings is 1. The number of aryl methyl sites for hydroxylation is 1. The second-order valence-corrected chi connectivity index (χ2v) is 11.6. The van der Waals surface area contributed by atoms with Crippen molar-refractivity contribution in [1.29, 1.82) is 0 Å². The van der Waals surface area contributed by atoms with Gasteiger partial charge < -0.3 is 9.88 Å². The molecular weight excluding hydrogens is 460 g/mol. The van der Waals surface area contributed by atoms with Crippen molar-refractivity contribution in [3.63, 3.8) is 0 Å². The molecule has 0 aliphatic rings. The summed E-state index contributed by atoms with van der Waals surface area (Å²) in [5.41, 5.74) is 1.49. The number of anilines is 1. The van der Waals surface area contributed by atoms with Gasteiger partial charge in [0.2, 0.25) is 0 Å². The van der Waals surface area contributed by atoms with Crippen LogP contribution in [0, 0.1) is 24.4 Å². The Kier molecular flexibility index (Phi) is 6.45. The van der Waals surface area contributed by atoms with Gasteiger partial charge in [0, 0.05) is 23.4 Å². The van der Waals surface area contributed by atoms with E-state index in [1.165, 1.54) is 25.3 Å². The van der Waals surface area contributed by atoms with E-state index in [0.29, 0.717) is 23.0 Å². The summed E-state index contributed by atoms with van der Waals surface area (Å²) in [7, 11) is -2.58. The summed E-state index contributed by atoms with van der Waals surface area (Å²) in [6, 6.07) is 10.1. The first-order valence-corrected chi connectivity index (χ1v) is 13.4. The fraction of sp³-hybridized carbons (Fsp3) is 0.240. The van der Waals surface area contributed by atoms with Crippen LogP contribution in [0.25, 0.3) is 22.3 Å². The molecule has 0 bridgehead atoms. The number of hydrogen-bond acceptors (Lipinski definition) is 5. The standard InChI is InChI=1S/C25H24F3N4OP/c1-5-19(16-8-6-7-9-17(16)26)31-25-22(28)14(2)30-20-12-18(27)23(32-24(20)25)15-10-11-21(29-13-15)34(3,4)33/h6-13,19H,5H2,1-4H3,(H,30,31)/t19-/m1/s1. The number of aromatic nitrogens is 3. The Morgan fingerprint density at radius 1 is 1.03 bits per heavy atom. The van der Waals surface area contributed by atoms with E-state index in [-0.39, 0.29) is 28.1 Å². The number of hydrogen-bond donors (Lipinski definition) is 1. The summed E-state index contributed by atoms with van der Waals surface area (Å²) in [5, 5.41) is 3.07. The lowest BCUT2D eigenvalue weighted by Gasteiger charge is -2.21. The molecule has 0 fully saturated rings. The minimum Gasteiger partial charge on any atom is -0.374 e. The first-order valence-electron chi connectivity index (χ1n) is 10.8. The average Bonchev–Trinajstić information content (AvgIpc) is 2.80. The molecule has 1 atom stereocenters. The molecule has 0 spiro atoms. The van der Waals surface area contributed by atoms with Gasteiger partial charge in [0.25, 0.3) is 0 Å². The van der Waals surface area contributed by atoms with Crippen LogP contribution in [0.5, 0.6) is 0 Å². The molecule has 0 aliphatic heterocycles. The van der Waals surface area contributed by atoms with Crippen molar-refractivity contribution in [2.75, 3.05) is 18.6 Å². The predicted octanol–water partition coefficient (Wildman–Crippen LogP) is 6.23.